The van der Waals surface area contributed by atoms with Crippen LogP contribution in [0.25, 0.3) is 0 Å². The van der Waals surface area contributed by atoms with Crippen LogP contribution in [-0.4, -0.2) is 18.2 Å². The number of pyridine rings is 1. The molecule has 43 heavy (non-hydrogen) atoms. The van der Waals surface area contributed by atoms with E-state index in [1.165, 1.54) is 154 Å². The van der Waals surface area contributed by atoms with Crippen LogP contribution in [0.3, 0.4) is 0 Å². The largest absolute Gasteiger partial charge is 0.377 e. The molecule has 4 atom stereocenters. The smallest absolute Gasteiger partial charge is 0.0682 e. The second-order valence-electron chi connectivity index (χ2n) is 14.3. The number of fused-ring (bicyclic) bond motifs is 1. The van der Waals surface area contributed by atoms with Crippen LogP contribution in [-0.2, 0) is 4.74 Å². The van der Waals surface area contributed by atoms with Crippen LogP contribution >= 0.6 is 0 Å². The van der Waals surface area contributed by atoms with Crippen LogP contribution in [0, 0.1) is 11.8 Å². The van der Waals surface area contributed by atoms with Crippen molar-refractivity contribution in [2.75, 3.05) is 13.2 Å². The van der Waals surface area contributed by atoms with Gasteiger partial charge in [0.15, 0.2) is 0 Å². The minimum absolute atomic E-state index is 0.746. The zero-order chi connectivity index (χ0) is 30.5. The molecule has 0 fully saturated rings. The first kappa shape index (κ1) is 36.3. The summed E-state index contributed by atoms with van der Waals surface area (Å²) >= 11 is 0. The molecule has 1 aromatic heterocycles. The summed E-state index contributed by atoms with van der Waals surface area (Å²) in [5, 5.41) is 0. The highest BCUT2D eigenvalue weighted by Crippen LogP contribution is 2.39. The van der Waals surface area contributed by atoms with Gasteiger partial charge in [0.2, 0.25) is 0 Å². The zero-order valence-electron chi connectivity index (χ0n) is 29.3. The second kappa shape index (κ2) is 22.4. The maximum Gasteiger partial charge on any atom is 0.0682 e. The molecule has 1 aliphatic heterocycles. The molecule has 0 N–H and O–H groups in total. The lowest BCUT2D eigenvalue weighted by Gasteiger charge is -2.32. The Bertz CT molecular complexity index is 837. The molecule has 0 aromatic carbocycles. The lowest BCUT2D eigenvalue weighted by atomic mass is 9.78. The molecule has 2 aliphatic carbocycles. The summed E-state index contributed by atoms with van der Waals surface area (Å²) in [6.45, 7) is 11.3. The molecule has 2 nitrogen and oxygen atoms in total. The molecule has 3 aliphatic rings. The van der Waals surface area contributed by atoms with Gasteiger partial charge in [-0.15, -0.1) is 0 Å². The van der Waals surface area contributed by atoms with Crippen molar-refractivity contribution in [1.82, 2.24) is 4.98 Å². The van der Waals surface area contributed by atoms with E-state index >= 15 is 0 Å². The van der Waals surface area contributed by atoms with Gasteiger partial charge in [-0.1, -0.05) is 130 Å². The fourth-order valence-corrected chi connectivity index (χ4v) is 8.61. The minimum atomic E-state index is 0.746. The van der Waals surface area contributed by atoms with Crippen LogP contribution < -0.4 is 0 Å². The summed E-state index contributed by atoms with van der Waals surface area (Å²) in [6, 6.07) is 2.33. The third-order valence-corrected chi connectivity index (χ3v) is 11.0. The van der Waals surface area contributed by atoms with Gasteiger partial charge in [-0.25, -0.2) is 0 Å². The monoisotopic (exact) mass is 594 g/mol. The Labute approximate surface area is 268 Å². The molecule has 0 spiro atoms. The van der Waals surface area contributed by atoms with Crippen LogP contribution in [0.4, 0.5) is 0 Å². The number of rotatable bonds is 9. The van der Waals surface area contributed by atoms with E-state index in [9.17, 15) is 0 Å². The predicted octanol–water partition coefficient (Wildman–Crippen LogP) is 13.3. The van der Waals surface area contributed by atoms with Crippen LogP contribution in [0.2, 0.25) is 0 Å². The van der Waals surface area contributed by atoms with Crippen LogP contribution in [0.15, 0.2) is 29.6 Å². The molecule has 0 bridgehead atoms. The number of ether oxygens (including phenoxy) is 1. The molecular formula is C41H71NO. The van der Waals surface area contributed by atoms with E-state index in [-0.39, 0.29) is 0 Å². The Balaban J connectivity index is 0.000000236. The quantitative estimate of drug-likeness (QED) is 0.266. The SMILES string of the molecule is CCCC1CCCCCCCC(CCC)c2cnccc21.CCCCC1CCCCCCCC(CCC)C2=C1CCOC2. The molecular weight excluding hydrogens is 522 g/mol. The fraction of sp³-hybridized carbons (Fsp3) is 0.829. The van der Waals surface area contributed by atoms with Crippen molar-refractivity contribution in [2.24, 2.45) is 11.8 Å². The number of hydrogen-bond donors (Lipinski definition) is 0. The van der Waals surface area contributed by atoms with Gasteiger partial charge < -0.3 is 4.74 Å². The number of unbranched alkanes of at least 4 members (excludes halogenated alkanes) is 1. The zero-order valence-corrected chi connectivity index (χ0v) is 29.3. The highest BCUT2D eigenvalue weighted by molar-refractivity contribution is 5.31. The van der Waals surface area contributed by atoms with Gasteiger partial charge in [-0.2, -0.15) is 0 Å². The molecule has 2 heterocycles. The molecule has 0 amide bonds. The maximum absolute atomic E-state index is 5.91. The lowest BCUT2D eigenvalue weighted by Crippen LogP contribution is -2.22. The summed E-state index contributed by atoms with van der Waals surface area (Å²) < 4.78 is 5.91. The van der Waals surface area contributed by atoms with E-state index in [4.69, 9.17) is 4.74 Å². The van der Waals surface area contributed by atoms with Crippen molar-refractivity contribution in [1.29, 1.82) is 0 Å². The summed E-state index contributed by atoms with van der Waals surface area (Å²) in [4.78, 5) is 4.47. The molecule has 0 saturated carbocycles. The van der Waals surface area contributed by atoms with Crippen molar-refractivity contribution >= 4 is 0 Å². The Hall–Kier alpha value is -1.15. The molecule has 246 valence electrons. The third-order valence-electron chi connectivity index (χ3n) is 11.0. The van der Waals surface area contributed by atoms with E-state index in [1.54, 1.807) is 16.7 Å². The third kappa shape index (κ3) is 12.6. The lowest BCUT2D eigenvalue weighted by molar-refractivity contribution is 0.130. The fourth-order valence-electron chi connectivity index (χ4n) is 8.61. The van der Waals surface area contributed by atoms with E-state index in [2.05, 4.69) is 44.9 Å². The summed E-state index contributed by atoms with van der Waals surface area (Å²) in [6.07, 6.45) is 37.5. The Kier molecular flexibility index (Phi) is 18.9. The van der Waals surface area contributed by atoms with Crippen molar-refractivity contribution in [2.45, 2.75) is 194 Å². The maximum atomic E-state index is 5.91. The summed E-state index contributed by atoms with van der Waals surface area (Å²) in [5.41, 5.74) is 6.81. The van der Waals surface area contributed by atoms with Gasteiger partial charge in [0.25, 0.3) is 0 Å². The van der Waals surface area contributed by atoms with Gasteiger partial charge in [-0.05, 0) is 104 Å². The standard InChI is InChI=1S/C21H38O.C20H33N/c1-3-5-12-19-14-10-8-6-7-9-13-18(11-4-2)21-17-22-16-15-20(19)21;1-3-10-17-12-8-6-5-7-9-13-18(11-4-2)20-16-21-15-14-19(17)20/h18-19H,3-17H2,1-2H3;14-18H,3-13H2,1-2H3. The molecule has 0 radical (unpaired) electrons. The van der Waals surface area contributed by atoms with E-state index in [0.717, 1.165) is 36.9 Å². The van der Waals surface area contributed by atoms with Crippen molar-refractivity contribution in [3.8, 4) is 0 Å². The first-order valence-electron chi connectivity index (χ1n) is 19.5. The number of aromatic nitrogens is 1. The summed E-state index contributed by atoms with van der Waals surface area (Å²) in [7, 11) is 0. The first-order chi connectivity index (χ1) is 21.2. The van der Waals surface area contributed by atoms with Crippen molar-refractivity contribution in [3.05, 3.63) is 40.7 Å². The highest BCUT2D eigenvalue weighted by Gasteiger charge is 2.26. The average molecular weight is 594 g/mol. The van der Waals surface area contributed by atoms with Gasteiger partial charge in [-0.3, -0.25) is 4.98 Å². The van der Waals surface area contributed by atoms with Crippen LogP contribution in [0.5, 0.6) is 0 Å². The van der Waals surface area contributed by atoms with Gasteiger partial charge >= 0.3 is 0 Å². The van der Waals surface area contributed by atoms with Crippen molar-refractivity contribution < 1.29 is 4.74 Å². The Morgan fingerprint density at radius 1 is 0.581 bits per heavy atom. The molecule has 1 aromatic rings. The van der Waals surface area contributed by atoms with Gasteiger partial charge in [0.05, 0.1) is 13.2 Å². The van der Waals surface area contributed by atoms with E-state index in [1.807, 2.05) is 11.8 Å². The highest BCUT2D eigenvalue weighted by atomic mass is 16.5. The average Bonchev–Trinajstić information content (AvgIpc) is 3.10. The normalized spacial score (nSPS) is 26.1. The van der Waals surface area contributed by atoms with Crippen molar-refractivity contribution in [3.63, 3.8) is 0 Å². The minimum Gasteiger partial charge on any atom is -0.377 e. The first-order valence-corrected chi connectivity index (χ1v) is 19.5. The number of nitrogens with zero attached hydrogens (tertiary/aromatic N) is 1. The molecule has 2 heteroatoms. The Morgan fingerprint density at radius 3 is 1.67 bits per heavy atom. The Morgan fingerprint density at radius 2 is 1.09 bits per heavy atom. The topological polar surface area (TPSA) is 22.1 Å². The van der Waals surface area contributed by atoms with E-state index < -0.39 is 0 Å². The second-order valence-corrected chi connectivity index (χ2v) is 14.3. The van der Waals surface area contributed by atoms with Crippen LogP contribution in [0.1, 0.15) is 205 Å². The van der Waals surface area contributed by atoms with Gasteiger partial charge in [0, 0.05) is 12.4 Å². The molecule has 4 unspecified atom stereocenters. The molecule has 4 rings (SSSR count). The van der Waals surface area contributed by atoms with Gasteiger partial charge in [0.1, 0.15) is 0 Å². The predicted molar refractivity (Wildman–Crippen MR) is 188 cm³/mol. The summed E-state index contributed by atoms with van der Waals surface area (Å²) in [5.74, 6) is 3.21. The number of hydrogen-bond acceptors (Lipinski definition) is 2. The van der Waals surface area contributed by atoms with E-state index in [0.29, 0.717) is 0 Å². The molecule has 0 saturated heterocycles.